The minimum absolute atomic E-state index is 0.0643. The number of benzene rings is 1. The number of hydrogen-bond acceptors (Lipinski definition) is 2. The van der Waals surface area contributed by atoms with Crippen LogP contribution in [0.15, 0.2) is 12.1 Å². The van der Waals surface area contributed by atoms with E-state index < -0.39 is 0 Å². The molecule has 2 nitrogen and oxygen atoms in total. The third-order valence-electron chi connectivity index (χ3n) is 2.38. The Labute approximate surface area is 91.6 Å². The molecule has 2 N–H and O–H groups in total. The molecule has 2 rings (SSSR count). The highest BCUT2D eigenvalue weighted by molar-refractivity contribution is 14.1. The molecule has 1 aromatic carbocycles. The van der Waals surface area contributed by atoms with Crippen LogP contribution in [0.4, 0.5) is 0 Å². The van der Waals surface area contributed by atoms with Crippen molar-refractivity contribution in [1.29, 1.82) is 0 Å². The quantitative estimate of drug-likeness (QED) is 0.805. The molecule has 0 bridgehead atoms. The van der Waals surface area contributed by atoms with Crippen LogP contribution in [0, 0.1) is 3.57 Å². The number of halogens is 1. The van der Waals surface area contributed by atoms with Crippen molar-refractivity contribution in [3.8, 4) is 5.75 Å². The number of ether oxygens (including phenoxy) is 1. The first-order valence-electron chi connectivity index (χ1n) is 4.43. The summed E-state index contributed by atoms with van der Waals surface area (Å²) in [5.41, 5.74) is 8.37. The van der Waals surface area contributed by atoms with Gasteiger partial charge in [0.05, 0.1) is 6.04 Å². The highest BCUT2D eigenvalue weighted by Crippen LogP contribution is 2.34. The van der Waals surface area contributed by atoms with Crippen molar-refractivity contribution < 1.29 is 4.74 Å². The minimum Gasteiger partial charge on any atom is -0.491 e. The molecule has 0 aromatic heterocycles. The normalized spacial score (nSPS) is 19.8. The Morgan fingerprint density at radius 1 is 1.62 bits per heavy atom. The Hall–Kier alpha value is -0.290. The van der Waals surface area contributed by atoms with E-state index in [1.54, 1.807) is 0 Å². The second-order valence-electron chi connectivity index (χ2n) is 3.25. The molecule has 0 unspecified atom stereocenters. The fraction of sp³-hybridized carbons (Fsp3) is 0.400. The van der Waals surface area contributed by atoms with Crippen molar-refractivity contribution >= 4 is 22.6 Å². The van der Waals surface area contributed by atoms with Crippen LogP contribution in [0.1, 0.15) is 24.1 Å². The molecule has 1 aliphatic heterocycles. The van der Waals surface area contributed by atoms with E-state index in [1.807, 2.05) is 0 Å². The zero-order valence-corrected chi connectivity index (χ0v) is 9.67. The number of aryl methyl sites for hydroxylation is 1. The lowest BCUT2D eigenvalue weighted by atomic mass is 10.1. The maximum absolute atomic E-state index is 5.88. The molecule has 1 atom stereocenters. The van der Waals surface area contributed by atoms with Gasteiger partial charge < -0.3 is 10.5 Å². The second kappa shape index (κ2) is 3.46. The molecular weight excluding hydrogens is 277 g/mol. The molecule has 1 aromatic rings. The van der Waals surface area contributed by atoms with Gasteiger partial charge in [0.15, 0.2) is 0 Å². The lowest BCUT2D eigenvalue weighted by Crippen LogP contribution is -2.10. The summed E-state index contributed by atoms with van der Waals surface area (Å²) in [4.78, 5) is 0. The van der Waals surface area contributed by atoms with Crippen LogP contribution in [0.5, 0.6) is 5.75 Å². The summed E-state index contributed by atoms with van der Waals surface area (Å²) < 4.78 is 6.77. The van der Waals surface area contributed by atoms with Crippen molar-refractivity contribution in [2.45, 2.75) is 19.4 Å². The van der Waals surface area contributed by atoms with Crippen LogP contribution in [0.3, 0.4) is 0 Å². The van der Waals surface area contributed by atoms with Gasteiger partial charge in [-0.2, -0.15) is 0 Å². The average molecular weight is 289 g/mol. The van der Waals surface area contributed by atoms with Gasteiger partial charge in [0, 0.05) is 9.13 Å². The van der Waals surface area contributed by atoms with Gasteiger partial charge in [0.2, 0.25) is 0 Å². The average Bonchev–Trinajstić information content (AvgIpc) is 2.47. The fourth-order valence-corrected chi connectivity index (χ4v) is 2.44. The largest absolute Gasteiger partial charge is 0.491 e. The zero-order chi connectivity index (χ0) is 9.42. The highest BCUT2D eigenvalue weighted by atomic mass is 127. The van der Waals surface area contributed by atoms with Crippen molar-refractivity contribution in [2.24, 2.45) is 5.73 Å². The van der Waals surface area contributed by atoms with E-state index in [2.05, 4.69) is 41.6 Å². The molecule has 13 heavy (non-hydrogen) atoms. The van der Waals surface area contributed by atoms with Crippen molar-refractivity contribution in [1.82, 2.24) is 0 Å². The number of nitrogens with two attached hydrogens (primary N) is 1. The summed E-state index contributed by atoms with van der Waals surface area (Å²) in [6, 6.07) is 4.32. The molecule has 3 heteroatoms. The molecule has 1 aliphatic rings. The van der Waals surface area contributed by atoms with Crippen LogP contribution < -0.4 is 10.5 Å². The third-order valence-corrected chi connectivity index (χ3v) is 3.38. The number of fused-ring (bicyclic) bond motifs is 1. The number of hydrogen-bond donors (Lipinski definition) is 1. The van der Waals surface area contributed by atoms with E-state index in [0.29, 0.717) is 6.61 Å². The summed E-state index contributed by atoms with van der Waals surface area (Å²) in [6.07, 6.45) is 1.05. The Morgan fingerprint density at radius 3 is 3.08 bits per heavy atom. The Kier molecular flexibility index (Phi) is 2.47. The van der Waals surface area contributed by atoms with Gasteiger partial charge in [-0.15, -0.1) is 0 Å². The summed E-state index contributed by atoms with van der Waals surface area (Å²) >= 11 is 2.35. The van der Waals surface area contributed by atoms with E-state index in [0.717, 1.165) is 17.7 Å². The Balaban J connectivity index is 2.50. The van der Waals surface area contributed by atoms with Gasteiger partial charge in [0.25, 0.3) is 0 Å². The first kappa shape index (κ1) is 9.27. The molecular formula is C10H12INO. The molecule has 0 amide bonds. The van der Waals surface area contributed by atoms with E-state index >= 15 is 0 Å². The smallest absolute Gasteiger partial charge is 0.124 e. The minimum atomic E-state index is 0.0643. The van der Waals surface area contributed by atoms with Crippen LogP contribution in [-0.4, -0.2) is 6.61 Å². The molecule has 0 spiro atoms. The molecule has 0 aliphatic carbocycles. The zero-order valence-electron chi connectivity index (χ0n) is 7.51. The fourth-order valence-electron chi connectivity index (χ4n) is 1.57. The van der Waals surface area contributed by atoms with E-state index in [-0.39, 0.29) is 6.04 Å². The molecule has 70 valence electrons. The summed E-state index contributed by atoms with van der Waals surface area (Å²) in [5.74, 6) is 0.977. The maximum Gasteiger partial charge on any atom is 0.124 e. The van der Waals surface area contributed by atoms with Crippen LogP contribution >= 0.6 is 22.6 Å². The van der Waals surface area contributed by atoms with E-state index in [1.165, 1.54) is 9.13 Å². The van der Waals surface area contributed by atoms with Crippen LogP contribution in [0.2, 0.25) is 0 Å². The molecule has 1 heterocycles. The number of rotatable bonds is 1. The predicted molar refractivity (Wildman–Crippen MR) is 61.0 cm³/mol. The molecule has 0 saturated carbocycles. The first-order chi connectivity index (χ1) is 6.22. The van der Waals surface area contributed by atoms with Gasteiger partial charge in [-0.3, -0.25) is 0 Å². The molecule has 0 saturated heterocycles. The van der Waals surface area contributed by atoms with E-state index in [9.17, 15) is 0 Å². The first-order valence-corrected chi connectivity index (χ1v) is 5.51. The van der Waals surface area contributed by atoms with Crippen molar-refractivity contribution in [2.75, 3.05) is 6.61 Å². The van der Waals surface area contributed by atoms with Crippen molar-refractivity contribution in [3.05, 3.63) is 26.8 Å². The second-order valence-corrected chi connectivity index (χ2v) is 4.41. The van der Waals surface area contributed by atoms with E-state index in [4.69, 9.17) is 10.5 Å². The highest BCUT2D eigenvalue weighted by Gasteiger charge is 2.21. The molecule has 0 fully saturated rings. The van der Waals surface area contributed by atoms with Gasteiger partial charge >= 0.3 is 0 Å². The monoisotopic (exact) mass is 289 g/mol. The Morgan fingerprint density at radius 2 is 2.38 bits per heavy atom. The van der Waals surface area contributed by atoms with Gasteiger partial charge in [-0.25, -0.2) is 0 Å². The lowest BCUT2D eigenvalue weighted by molar-refractivity contribution is 0.333. The lowest BCUT2D eigenvalue weighted by Gasteiger charge is -2.05. The van der Waals surface area contributed by atoms with Crippen LogP contribution in [-0.2, 0) is 6.42 Å². The topological polar surface area (TPSA) is 35.2 Å². The van der Waals surface area contributed by atoms with Gasteiger partial charge in [-0.05, 0) is 46.7 Å². The van der Waals surface area contributed by atoms with Gasteiger partial charge in [0.1, 0.15) is 12.4 Å². The SMILES string of the molecule is CCc1cc2c(cc1I)[C@@H](N)CO2. The summed E-state index contributed by atoms with van der Waals surface area (Å²) in [5, 5.41) is 0. The van der Waals surface area contributed by atoms with Crippen molar-refractivity contribution in [3.63, 3.8) is 0 Å². The summed E-state index contributed by atoms with van der Waals surface area (Å²) in [6.45, 7) is 2.78. The third kappa shape index (κ3) is 1.55. The van der Waals surface area contributed by atoms with Crippen LogP contribution in [0.25, 0.3) is 0 Å². The maximum atomic E-state index is 5.88. The molecule has 0 radical (unpaired) electrons. The Bertz CT molecular complexity index is 338. The predicted octanol–water partition coefficient (Wildman–Crippen LogP) is 2.25. The summed E-state index contributed by atoms with van der Waals surface area (Å²) in [7, 11) is 0. The van der Waals surface area contributed by atoms with Gasteiger partial charge in [-0.1, -0.05) is 6.92 Å². The standard InChI is InChI=1S/C10H12INO/c1-2-6-3-10-7(4-8(6)11)9(12)5-13-10/h3-4,9H,2,5,12H2,1H3/t9-/m0/s1.